The van der Waals surface area contributed by atoms with Crippen LogP contribution < -0.4 is 9.47 Å². The normalized spacial score (nSPS) is 11.5. The molecule has 0 saturated carbocycles. The Morgan fingerprint density at radius 2 is 1.67 bits per heavy atom. The molecular weight excluding hydrogens is 436 g/mol. The number of ketones is 1. The van der Waals surface area contributed by atoms with Crippen LogP contribution in [0.15, 0.2) is 66.7 Å². The number of phenols is 1. The fraction of sp³-hybridized carbons (Fsp3) is 0.222. The first kappa shape index (κ1) is 22.8. The monoisotopic (exact) mass is 462 g/mol. The number of aromatic hydroxyl groups is 1. The van der Waals surface area contributed by atoms with Crippen LogP contribution in [0.4, 0.5) is 0 Å². The van der Waals surface area contributed by atoms with Crippen LogP contribution >= 0.6 is 10.8 Å². The van der Waals surface area contributed by atoms with Crippen LogP contribution in [-0.2, 0) is 0 Å². The third-order valence-electron chi connectivity index (χ3n) is 5.56. The second-order valence-corrected chi connectivity index (χ2v) is 9.18. The van der Waals surface area contributed by atoms with Crippen molar-refractivity contribution in [2.75, 3.05) is 13.7 Å². The maximum atomic E-state index is 13.7. The summed E-state index contributed by atoms with van der Waals surface area (Å²) >= 11 is 0. The zero-order valence-corrected chi connectivity index (χ0v) is 19.5. The van der Waals surface area contributed by atoms with Crippen LogP contribution in [0, 0.1) is 0 Å². The lowest BCUT2D eigenvalue weighted by atomic mass is 9.97. The van der Waals surface area contributed by atoms with Gasteiger partial charge in [-0.3, -0.25) is 4.79 Å². The topological polar surface area (TPSA) is 78.8 Å². The molecule has 0 radical (unpaired) electrons. The van der Waals surface area contributed by atoms with E-state index in [-0.39, 0.29) is 11.5 Å². The number of phenolic OH excluding ortho intramolecular Hbond substituents is 1. The van der Waals surface area contributed by atoms with Crippen LogP contribution in [0.1, 0.15) is 42.1 Å². The van der Waals surface area contributed by atoms with Crippen LogP contribution in [0.5, 0.6) is 17.2 Å². The summed E-state index contributed by atoms with van der Waals surface area (Å²) in [6.07, 6.45) is 3.24. The van der Waals surface area contributed by atoms with Gasteiger partial charge in [0.05, 0.1) is 24.7 Å². The number of fused-ring (bicyclic) bond motifs is 1. The summed E-state index contributed by atoms with van der Waals surface area (Å²) in [5, 5.41) is 10.3. The second kappa shape index (κ2) is 10.1. The Morgan fingerprint density at radius 3 is 2.33 bits per heavy atom. The molecule has 1 atom stereocenters. The number of hydrogen-bond donors (Lipinski definition) is 1. The standard InChI is InChI=1S/C27H26O5S/c1-3-4-5-16-32-21-12-8-18(9-13-21)26(29)25-23-15-14-22(31-2)17-24(23)33(30)27(25)19-6-10-20(28)11-7-19/h6-15,17,28H,3-5,16H2,1-2H3. The molecule has 0 aliphatic heterocycles. The molecule has 4 rings (SSSR count). The predicted molar refractivity (Wildman–Crippen MR) is 131 cm³/mol. The molecule has 0 aliphatic carbocycles. The van der Waals surface area contributed by atoms with Gasteiger partial charge in [0.25, 0.3) is 0 Å². The van der Waals surface area contributed by atoms with Crippen molar-refractivity contribution in [1.82, 2.24) is 0 Å². The van der Waals surface area contributed by atoms with Gasteiger partial charge < -0.3 is 19.1 Å². The molecule has 1 heterocycles. The Balaban J connectivity index is 1.76. The highest BCUT2D eigenvalue weighted by Gasteiger charge is 2.29. The summed E-state index contributed by atoms with van der Waals surface area (Å²) in [4.78, 5) is 14.1. The summed E-state index contributed by atoms with van der Waals surface area (Å²) in [5.41, 5.74) is 1.51. The Kier molecular flexibility index (Phi) is 6.96. The van der Waals surface area contributed by atoms with E-state index in [1.807, 2.05) is 0 Å². The minimum Gasteiger partial charge on any atom is -0.590 e. The summed E-state index contributed by atoms with van der Waals surface area (Å²) in [7, 11) is -0.0204. The van der Waals surface area contributed by atoms with Gasteiger partial charge in [0, 0.05) is 17.2 Å². The van der Waals surface area contributed by atoms with Crippen molar-refractivity contribution in [2.24, 2.45) is 0 Å². The Morgan fingerprint density at radius 1 is 0.970 bits per heavy atom. The number of hydrogen-bond acceptors (Lipinski definition) is 5. The fourth-order valence-corrected chi connectivity index (χ4v) is 5.34. The van der Waals surface area contributed by atoms with E-state index in [0.717, 1.165) is 25.0 Å². The number of methoxy groups -OCH3 is 1. The van der Waals surface area contributed by atoms with Crippen LogP contribution in [0.3, 0.4) is 0 Å². The molecule has 170 valence electrons. The van der Waals surface area contributed by atoms with E-state index < -0.39 is 10.8 Å². The number of carbonyl (C=O) groups excluding carboxylic acids is 1. The molecule has 1 unspecified atom stereocenters. The molecule has 1 N–H and O–H groups in total. The van der Waals surface area contributed by atoms with E-state index in [1.165, 1.54) is 12.1 Å². The molecule has 3 aromatic carbocycles. The molecule has 33 heavy (non-hydrogen) atoms. The number of ether oxygens (including phenoxy) is 2. The molecule has 0 fully saturated rings. The van der Waals surface area contributed by atoms with Gasteiger partial charge in [-0.2, -0.15) is 0 Å². The molecule has 0 saturated heterocycles. The average molecular weight is 463 g/mol. The predicted octanol–water partition coefficient (Wildman–Crippen LogP) is 6.75. The SMILES string of the molecule is CCCCCOc1ccc(C(=O)c2c(-c3ccc(O)cc3)[s+]([O-])c3cc(OC)ccc23)cc1. The Hall–Kier alpha value is -3.35. The molecule has 0 bridgehead atoms. The lowest BCUT2D eigenvalue weighted by Crippen LogP contribution is -2.03. The first-order chi connectivity index (χ1) is 16.0. The van der Waals surface area contributed by atoms with E-state index in [4.69, 9.17) is 9.47 Å². The van der Waals surface area contributed by atoms with Crippen LogP contribution in [0.2, 0.25) is 0 Å². The van der Waals surface area contributed by atoms with Crippen molar-refractivity contribution in [3.63, 3.8) is 0 Å². The van der Waals surface area contributed by atoms with Crippen LogP contribution in [0.25, 0.3) is 20.5 Å². The number of thiophene rings is 1. The smallest absolute Gasteiger partial charge is 0.199 e. The third-order valence-corrected chi connectivity index (χ3v) is 7.11. The number of carbonyl (C=O) groups is 1. The van der Waals surface area contributed by atoms with Gasteiger partial charge in [0.15, 0.2) is 15.4 Å². The van der Waals surface area contributed by atoms with Gasteiger partial charge in [-0.05, 0) is 77.8 Å². The van der Waals surface area contributed by atoms with Gasteiger partial charge in [0.1, 0.15) is 17.2 Å². The van der Waals surface area contributed by atoms with E-state index in [0.29, 0.717) is 44.0 Å². The molecule has 0 amide bonds. The van der Waals surface area contributed by atoms with Crippen molar-refractivity contribution in [3.05, 3.63) is 77.9 Å². The highest BCUT2D eigenvalue weighted by atomic mass is 32.2. The van der Waals surface area contributed by atoms with Gasteiger partial charge in [-0.25, -0.2) is 0 Å². The maximum absolute atomic E-state index is 13.7. The highest BCUT2D eigenvalue weighted by Crippen LogP contribution is 2.47. The molecule has 5 nitrogen and oxygen atoms in total. The lowest BCUT2D eigenvalue weighted by Gasteiger charge is -2.07. The number of rotatable bonds is 9. The van der Waals surface area contributed by atoms with E-state index in [2.05, 4.69) is 6.92 Å². The van der Waals surface area contributed by atoms with Crippen molar-refractivity contribution in [1.29, 1.82) is 0 Å². The number of unbranched alkanes of at least 4 members (excludes halogenated alkanes) is 2. The van der Waals surface area contributed by atoms with Crippen molar-refractivity contribution >= 4 is 26.6 Å². The van der Waals surface area contributed by atoms with Gasteiger partial charge in [0.2, 0.25) is 0 Å². The van der Waals surface area contributed by atoms with Gasteiger partial charge >= 0.3 is 0 Å². The first-order valence-electron chi connectivity index (χ1n) is 10.9. The minimum absolute atomic E-state index is 0.102. The Bertz CT molecular complexity index is 1260. The second-order valence-electron chi connectivity index (χ2n) is 7.79. The van der Waals surface area contributed by atoms with Crippen molar-refractivity contribution < 1.29 is 23.9 Å². The van der Waals surface area contributed by atoms with E-state index in [9.17, 15) is 14.5 Å². The highest BCUT2D eigenvalue weighted by molar-refractivity contribution is 7.35. The third kappa shape index (κ3) is 4.72. The molecule has 0 aliphatic rings. The Labute approximate surface area is 196 Å². The zero-order chi connectivity index (χ0) is 23.4. The summed E-state index contributed by atoms with van der Waals surface area (Å²) in [6, 6.07) is 18.7. The molecule has 4 aromatic rings. The molecular formula is C27H26O5S. The number of benzene rings is 3. The van der Waals surface area contributed by atoms with Gasteiger partial charge in [-0.1, -0.05) is 19.8 Å². The molecule has 6 heteroatoms. The van der Waals surface area contributed by atoms with Gasteiger partial charge in [-0.15, -0.1) is 0 Å². The molecule has 1 aromatic heterocycles. The van der Waals surface area contributed by atoms with Crippen molar-refractivity contribution in [2.45, 2.75) is 26.2 Å². The minimum atomic E-state index is -1.57. The summed E-state index contributed by atoms with van der Waals surface area (Å²) < 4.78 is 25.1. The average Bonchev–Trinajstić information content (AvgIpc) is 3.14. The summed E-state index contributed by atoms with van der Waals surface area (Å²) in [6.45, 7) is 2.79. The largest absolute Gasteiger partial charge is 0.590 e. The van der Waals surface area contributed by atoms with Crippen LogP contribution in [-0.4, -0.2) is 29.2 Å². The van der Waals surface area contributed by atoms with E-state index >= 15 is 0 Å². The first-order valence-corrected chi connectivity index (χ1v) is 12.1. The van der Waals surface area contributed by atoms with E-state index in [1.54, 1.807) is 61.7 Å². The molecule has 0 spiro atoms. The zero-order valence-electron chi connectivity index (χ0n) is 18.7. The summed E-state index contributed by atoms with van der Waals surface area (Å²) in [5.74, 6) is 1.18. The maximum Gasteiger partial charge on any atom is 0.199 e. The van der Waals surface area contributed by atoms with Crippen molar-refractivity contribution in [3.8, 4) is 27.7 Å². The fourth-order valence-electron chi connectivity index (χ4n) is 3.79. The quantitative estimate of drug-likeness (QED) is 0.169. The lowest BCUT2D eigenvalue weighted by molar-refractivity contribution is 0.104.